The van der Waals surface area contributed by atoms with E-state index in [-0.39, 0.29) is 0 Å². The van der Waals surface area contributed by atoms with Gasteiger partial charge in [-0.25, -0.2) is 0 Å². The van der Waals surface area contributed by atoms with Gasteiger partial charge in [-0.05, 0) is 39.2 Å². The number of aliphatic carboxylic acids is 1. The molecule has 1 aliphatic carbocycles. The predicted octanol–water partition coefficient (Wildman–Crippen LogP) is 1.30. The largest absolute Gasteiger partial charge is 0.480 e. The summed E-state index contributed by atoms with van der Waals surface area (Å²) in [5.74, 6) is -0.111. The smallest absolute Gasteiger partial charge is 0.323 e. The van der Waals surface area contributed by atoms with Crippen molar-refractivity contribution in [1.29, 1.82) is 0 Å². The van der Waals surface area contributed by atoms with E-state index in [1.165, 1.54) is 25.7 Å². The molecule has 1 atom stereocenters. The van der Waals surface area contributed by atoms with Crippen LogP contribution in [0.2, 0.25) is 0 Å². The van der Waals surface area contributed by atoms with Crippen molar-refractivity contribution in [3.8, 4) is 0 Å². The minimum absolute atomic E-state index is 0.506. The summed E-state index contributed by atoms with van der Waals surface area (Å²) >= 11 is 0. The normalized spacial score (nSPS) is 21.2. The van der Waals surface area contributed by atoms with Gasteiger partial charge in [0, 0.05) is 13.1 Å². The van der Waals surface area contributed by atoms with E-state index in [0.29, 0.717) is 6.42 Å². The van der Waals surface area contributed by atoms with E-state index in [1.54, 1.807) is 6.92 Å². The third-order valence-electron chi connectivity index (χ3n) is 3.55. The van der Waals surface area contributed by atoms with Gasteiger partial charge in [0.1, 0.15) is 5.54 Å². The monoisotopic (exact) mass is 228 g/mol. The molecule has 0 amide bonds. The number of rotatable bonds is 6. The third kappa shape index (κ3) is 4.10. The molecule has 0 aromatic carbocycles. The van der Waals surface area contributed by atoms with E-state index in [2.05, 4.69) is 11.9 Å². The first kappa shape index (κ1) is 13.5. The zero-order chi connectivity index (χ0) is 12.2. The van der Waals surface area contributed by atoms with Gasteiger partial charge in [-0.2, -0.15) is 0 Å². The van der Waals surface area contributed by atoms with E-state index in [9.17, 15) is 4.79 Å². The van der Waals surface area contributed by atoms with E-state index in [4.69, 9.17) is 10.8 Å². The molecule has 3 N–H and O–H groups in total. The molecule has 0 aliphatic heterocycles. The van der Waals surface area contributed by atoms with Crippen LogP contribution in [0.4, 0.5) is 0 Å². The van der Waals surface area contributed by atoms with Gasteiger partial charge in [0.2, 0.25) is 0 Å². The molecule has 94 valence electrons. The van der Waals surface area contributed by atoms with E-state index < -0.39 is 11.5 Å². The van der Waals surface area contributed by atoms with Crippen LogP contribution in [-0.2, 0) is 4.79 Å². The van der Waals surface area contributed by atoms with Gasteiger partial charge in [0.25, 0.3) is 0 Å². The summed E-state index contributed by atoms with van der Waals surface area (Å²) in [5.41, 5.74) is 4.60. The van der Waals surface area contributed by atoms with Crippen LogP contribution in [0.25, 0.3) is 0 Å². The lowest BCUT2D eigenvalue weighted by Crippen LogP contribution is -2.47. The minimum atomic E-state index is -1.09. The molecule has 1 unspecified atom stereocenters. The van der Waals surface area contributed by atoms with Crippen LogP contribution in [0, 0.1) is 5.92 Å². The zero-order valence-electron chi connectivity index (χ0n) is 10.4. The van der Waals surface area contributed by atoms with Gasteiger partial charge in [0.15, 0.2) is 0 Å². The van der Waals surface area contributed by atoms with Crippen LogP contribution in [0.5, 0.6) is 0 Å². The summed E-state index contributed by atoms with van der Waals surface area (Å²) in [6, 6.07) is 0. The van der Waals surface area contributed by atoms with Crippen LogP contribution in [0.1, 0.15) is 39.0 Å². The van der Waals surface area contributed by atoms with Gasteiger partial charge in [-0.3, -0.25) is 4.79 Å². The highest BCUT2D eigenvalue weighted by molar-refractivity contribution is 5.77. The zero-order valence-corrected chi connectivity index (χ0v) is 10.4. The number of carboxylic acid groups (broad SMARTS) is 1. The molecule has 0 bridgehead atoms. The molecule has 1 saturated carbocycles. The Hall–Kier alpha value is -0.610. The van der Waals surface area contributed by atoms with Crippen LogP contribution < -0.4 is 5.73 Å². The van der Waals surface area contributed by atoms with Crippen LogP contribution in [-0.4, -0.2) is 41.7 Å². The molecule has 0 aromatic rings. The summed E-state index contributed by atoms with van der Waals surface area (Å²) in [5, 5.41) is 8.89. The van der Waals surface area contributed by atoms with Gasteiger partial charge in [0.05, 0.1) is 0 Å². The van der Waals surface area contributed by atoms with Gasteiger partial charge in [-0.15, -0.1) is 0 Å². The molecule has 0 radical (unpaired) electrons. The maximum Gasteiger partial charge on any atom is 0.323 e. The maximum atomic E-state index is 10.8. The highest BCUT2D eigenvalue weighted by Crippen LogP contribution is 2.25. The van der Waals surface area contributed by atoms with Crippen LogP contribution in [0.3, 0.4) is 0 Å². The molecule has 1 rings (SSSR count). The van der Waals surface area contributed by atoms with Crippen LogP contribution >= 0.6 is 0 Å². The summed E-state index contributed by atoms with van der Waals surface area (Å²) in [7, 11) is 2.05. The van der Waals surface area contributed by atoms with Gasteiger partial charge in [-0.1, -0.05) is 12.8 Å². The first-order chi connectivity index (χ1) is 7.42. The molecule has 0 aromatic heterocycles. The molecule has 0 saturated heterocycles. The number of nitrogens with two attached hydrogens (primary N) is 1. The summed E-state index contributed by atoms with van der Waals surface area (Å²) in [6.45, 7) is 3.42. The first-order valence-electron chi connectivity index (χ1n) is 6.12. The third-order valence-corrected chi connectivity index (χ3v) is 3.55. The fourth-order valence-electron chi connectivity index (χ4n) is 2.26. The lowest BCUT2D eigenvalue weighted by atomic mass is 9.99. The Morgan fingerprint density at radius 3 is 2.56 bits per heavy atom. The van der Waals surface area contributed by atoms with E-state index in [0.717, 1.165) is 19.0 Å². The second kappa shape index (κ2) is 5.64. The number of carboxylic acids is 1. The fraction of sp³-hybridized carbons (Fsp3) is 0.917. The van der Waals surface area contributed by atoms with Crippen molar-refractivity contribution in [2.24, 2.45) is 11.7 Å². The van der Waals surface area contributed by atoms with E-state index >= 15 is 0 Å². The average Bonchev–Trinajstić information content (AvgIpc) is 2.67. The average molecular weight is 228 g/mol. The Balaban J connectivity index is 2.23. The molecule has 0 heterocycles. The van der Waals surface area contributed by atoms with E-state index in [1.807, 2.05) is 0 Å². The highest BCUT2D eigenvalue weighted by atomic mass is 16.4. The predicted molar refractivity (Wildman–Crippen MR) is 64.3 cm³/mol. The second-order valence-corrected chi connectivity index (χ2v) is 5.39. The number of hydrogen-bond acceptors (Lipinski definition) is 3. The summed E-state index contributed by atoms with van der Waals surface area (Å²) < 4.78 is 0. The first-order valence-corrected chi connectivity index (χ1v) is 6.12. The maximum absolute atomic E-state index is 10.8. The Labute approximate surface area is 97.8 Å². The number of carbonyl (C=O) groups is 1. The molecule has 4 nitrogen and oxygen atoms in total. The van der Waals surface area contributed by atoms with Crippen LogP contribution in [0.15, 0.2) is 0 Å². The molecule has 1 aliphatic rings. The molecule has 1 fully saturated rings. The number of nitrogens with zero attached hydrogens (tertiary/aromatic N) is 1. The van der Waals surface area contributed by atoms with Crippen molar-refractivity contribution in [2.75, 3.05) is 20.1 Å². The second-order valence-electron chi connectivity index (χ2n) is 5.39. The Morgan fingerprint density at radius 1 is 1.50 bits per heavy atom. The summed E-state index contributed by atoms with van der Waals surface area (Å²) in [4.78, 5) is 13.0. The lowest BCUT2D eigenvalue weighted by molar-refractivity contribution is -0.143. The minimum Gasteiger partial charge on any atom is -0.480 e. The Bertz CT molecular complexity index is 235. The number of hydrogen-bond donors (Lipinski definition) is 2. The molecular weight excluding hydrogens is 204 g/mol. The standard InChI is InChI=1S/C12H24N2O2/c1-12(13,11(15)16)7-8-14(2)9-10-5-3-4-6-10/h10H,3-9,13H2,1-2H3,(H,15,16). The van der Waals surface area contributed by atoms with Crippen molar-refractivity contribution in [3.63, 3.8) is 0 Å². The fourth-order valence-corrected chi connectivity index (χ4v) is 2.26. The Morgan fingerprint density at radius 2 is 2.06 bits per heavy atom. The molecular formula is C12H24N2O2. The van der Waals surface area contributed by atoms with Crippen molar-refractivity contribution in [2.45, 2.75) is 44.6 Å². The molecule has 16 heavy (non-hydrogen) atoms. The van der Waals surface area contributed by atoms with Crippen molar-refractivity contribution in [3.05, 3.63) is 0 Å². The van der Waals surface area contributed by atoms with Crippen molar-refractivity contribution >= 4 is 5.97 Å². The Kier molecular flexibility index (Phi) is 4.74. The molecule has 4 heteroatoms. The van der Waals surface area contributed by atoms with Crippen molar-refractivity contribution < 1.29 is 9.90 Å². The van der Waals surface area contributed by atoms with Crippen molar-refractivity contribution in [1.82, 2.24) is 4.90 Å². The van der Waals surface area contributed by atoms with Gasteiger partial charge >= 0.3 is 5.97 Å². The SMILES string of the molecule is CN(CCC(C)(N)C(=O)O)CC1CCCC1. The lowest BCUT2D eigenvalue weighted by Gasteiger charge is -2.25. The highest BCUT2D eigenvalue weighted by Gasteiger charge is 2.28. The quantitative estimate of drug-likeness (QED) is 0.719. The summed E-state index contributed by atoms with van der Waals surface area (Å²) in [6.07, 6.45) is 5.85. The molecule has 0 spiro atoms. The van der Waals surface area contributed by atoms with Gasteiger partial charge < -0.3 is 15.7 Å². The topological polar surface area (TPSA) is 66.6 Å².